The number of halogens is 1. The second-order valence-corrected chi connectivity index (χ2v) is 10.9. The smallest absolute Gasteiger partial charge is 0.370 e. The fraction of sp³-hybridized carbons (Fsp3) is 0.962. The van der Waals surface area contributed by atoms with Gasteiger partial charge in [0.2, 0.25) is 5.91 Å². The molecule has 0 aliphatic rings. The first-order valence-corrected chi connectivity index (χ1v) is 15.4. The van der Waals surface area contributed by atoms with E-state index in [1.165, 1.54) is 97.0 Å². The monoisotopic (exact) mass is 578 g/mol. The number of unbranched alkanes of at least 4 members (excludes halogenated alkanes) is 15. The Morgan fingerprint density at radius 2 is 1.11 bits per heavy atom. The highest BCUT2D eigenvalue weighted by atomic mass is 35.5. The minimum absolute atomic E-state index is 0. The molecule has 11 heteroatoms. The van der Waals surface area contributed by atoms with Crippen LogP contribution in [0.4, 0.5) is 0 Å². The van der Waals surface area contributed by atoms with Crippen LogP contribution >= 0.6 is 20.2 Å². The summed E-state index contributed by atoms with van der Waals surface area (Å²) in [6.07, 6.45) is 21.0. The molecule has 0 saturated carbocycles. The molecule has 1 unspecified atom stereocenters. The number of nitrogens with two attached hydrogens (primary N) is 1. The molecule has 228 valence electrons. The summed E-state index contributed by atoms with van der Waals surface area (Å²) >= 11 is 0. The van der Waals surface area contributed by atoms with Crippen molar-refractivity contribution in [3.63, 3.8) is 0 Å². The second kappa shape index (κ2) is 33.8. The number of rotatable bonds is 25. The van der Waals surface area contributed by atoms with E-state index in [1.807, 2.05) is 6.92 Å². The second-order valence-electron chi connectivity index (χ2n) is 9.09. The van der Waals surface area contributed by atoms with Gasteiger partial charge in [-0.3, -0.25) is 18.4 Å². The summed E-state index contributed by atoms with van der Waals surface area (Å²) in [5.41, 5.74) is 5.11. The van der Waals surface area contributed by atoms with Gasteiger partial charge in [0.1, 0.15) is 0 Å². The van der Waals surface area contributed by atoms with Crippen molar-refractivity contribution in [1.82, 2.24) is 6.15 Å². The molecule has 0 radical (unpaired) electrons. The largest absolute Gasteiger partial charge is 0.474 e. The summed E-state index contributed by atoms with van der Waals surface area (Å²) < 4.78 is 26.0. The highest BCUT2D eigenvalue weighted by Gasteiger charge is 2.24. The number of primary amides is 1. The molecule has 0 heterocycles. The Morgan fingerprint density at radius 1 is 0.730 bits per heavy atom. The van der Waals surface area contributed by atoms with Gasteiger partial charge in [0.15, 0.2) is 6.29 Å². The molecule has 0 aliphatic heterocycles. The summed E-state index contributed by atoms with van der Waals surface area (Å²) in [7, 11) is -2.28. The molecule has 0 aromatic rings. The predicted octanol–water partition coefficient (Wildman–Crippen LogP) is 7.59. The Hall–Kier alpha value is -0.250. The average Bonchev–Trinajstić information content (AvgIpc) is 2.82. The maximum atomic E-state index is 11.6. The van der Waals surface area contributed by atoms with Crippen LogP contribution in [0.25, 0.3) is 0 Å². The third-order valence-corrected chi connectivity index (χ3v) is 7.07. The van der Waals surface area contributed by atoms with Gasteiger partial charge in [0.05, 0.1) is 13.2 Å². The molecule has 0 aromatic heterocycles. The van der Waals surface area contributed by atoms with Crippen molar-refractivity contribution >= 4 is 26.1 Å². The number of aliphatic hydroxyl groups is 2. The van der Waals surface area contributed by atoms with Crippen molar-refractivity contribution in [2.75, 3.05) is 20.3 Å². The average molecular weight is 579 g/mol. The molecular formula is C26H60ClN2O7P. The molecule has 1 amide bonds. The Labute approximate surface area is 233 Å². The Kier molecular flexibility index (Phi) is 40.0. The summed E-state index contributed by atoms with van der Waals surface area (Å²) in [5, 5.41) is 17.1. The molecular weight excluding hydrogens is 519 g/mol. The van der Waals surface area contributed by atoms with Gasteiger partial charge in [0.25, 0.3) is 0 Å². The Morgan fingerprint density at radius 3 is 1.46 bits per heavy atom. The first-order chi connectivity index (χ1) is 16.8. The van der Waals surface area contributed by atoms with E-state index >= 15 is 0 Å². The number of carbonyl (C=O) groups excluding carboxylic acids is 1. The zero-order valence-corrected chi connectivity index (χ0v) is 25.7. The van der Waals surface area contributed by atoms with Crippen LogP contribution in [-0.2, 0) is 22.9 Å². The molecule has 0 aromatic carbocycles. The Bertz CT molecular complexity index is 504. The van der Waals surface area contributed by atoms with Crippen molar-refractivity contribution in [3.05, 3.63) is 0 Å². The van der Waals surface area contributed by atoms with E-state index in [-0.39, 0.29) is 37.5 Å². The normalized spacial score (nSPS) is 12.2. The van der Waals surface area contributed by atoms with E-state index in [2.05, 4.69) is 11.4 Å². The lowest BCUT2D eigenvalue weighted by Gasteiger charge is -2.15. The quantitative estimate of drug-likeness (QED) is 0.0488. The van der Waals surface area contributed by atoms with Crippen molar-refractivity contribution < 1.29 is 33.1 Å². The van der Waals surface area contributed by atoms with E-state index in [9.17, 15) is 9.36 Å². The summed E-state index contributed by atoms with van der Waals surface area (Å²) in [6.45, 7) is 4.46. The minimum Gasteiger partial charge on any atom is -0.370 e. The van der Waals surface area contributed by atoms with Crippen LogP contribution in [0.5, 0.6) is 0 Å². The highest BCUT2D eigenvalue weighted by Crippen LogP contribution is 2.48. The topological polar surface area (TPSA) is 163 Å². The number of hydrogen-bond donors (Lipinski definition) is 4. The van der Waals surface area contributed by atoms with E-state index in [0.29, 0.717) is 13.0 Å². The number of carbonyl (C=O) groups is 1. The fourth-order valence-electron chi connectivity index (χ4n) is 3.40. The van der Waals surface area contributed by atoms with Crippen LogP contribution in [-0.4, -0.2) is 42.7 Å². The van der Waals surface area contributed by atoms with Crippen LogP contribution in [0.1, 0.15) is 136 Å². The molecule has 0 saturated heterocycles. The van der Waals surface area contributed by atoms with Gasteiger partial charge < -0.3 is 22.1 Å². The van der Waals surface area contributed by atoms with E-state index in [4.69, 9.17) is 25.0 Å². The molecule has 0 bridgehead atoms. The van der Waals surface area contributed by atoms with Crippen LogP contribution < -0.4 is 11.9 Å². The van der Waals surface area contributed by atoms with E-state index in [0.717, 1.165) is 19.3 Å². The summed E-state index contributed by atoms with van der Waals surface area (Å²) in [4.78, 5) is 10.6. The lowest BCUT2D eigenvalue weighted by Crippen LogP contribution is -2.09. The molecule has 0 rings (SSSR count). The maximum absolute atomic E-state index is 11.6. The van der Waals surface area contributed by atoms with Crippen molar-refractivity contribution in [1.29, 1.82) is 0 Å². The van der Waals surface area contributed by atoms with Crippen molar-refractivity contribution in [2.45, 2.75) is 142 Å². The third-order valence-electron chi connectivity index (χ3n) is 5.62. The molecule has 7 N–H and O–H groups in total. The van der Waals surface area contributed by atoms with Gasteiger partial charge in [0, 0.05) is 20.0 Å². The van der Waals surface area contributed by atoms with Crippen LogP contribution in [0.15, 0.2) is 0 Å². The van der Waals surface area contributed by atoms with Crippen LogP contribution in [0.2, 0.25) is 0 Å². The number of amides is 1. The highest BCUT2D eigenvalue weighted by molar-refractivity contribution is 7.48. The van der Waals surface area contributed by atoms with Crippen LogP contribution in [0, 0.1) is 0 Å². The van der Waals surface area contributed by atoms with Gasteiger partial charge in [-0.2, -0.15) is 0 Å². The number of phosphoric ester groups is 1. The third kappa shape index (κ3) is 38.0. The lowest BCUT2D eigenvalue weighted by atomic mass is 10.0. The molecule has 0 aliphatic carbocycles. The zero-order chi connectivity index (χ0) is 26.6. The molecule has 0 fully saturated rings. The maximum Gasteiger partial charge on any atom is 0.474 e. The van der Waals surface area contributed by atoms with Gasteiger partial charge in [-0.1, -0.05) is 110 Å². The van der Waals surface area contributed by atoms with E-state index in [1.54, 1.807) is 0 Å². The van der Waals surface area contributed by atoms with Crippen molar-refractivity contribution in [2.24, 2.45) is 5.73 Å². The first kappa shape index (κ1) is 43.8. The predicted molar refractivity (Wildman–Crippen MR) is 155 cm³/mol. The fourth-order valence-corrected chi connectivity index (χ4v) is 4.37. The molecule has 1 atom stereocenters. The molecule has 9 nitrogen and oxygen atoms in total. The molecule has 0 spiro atoms. The number of phosphoric acid groups is 1. The van der Waals surface area contributed by atoms with Crippen LogP contribution in [0.3, 0.4) is 0 Å². The SMILES string of the molecule is CCCCCCCCCCCCCCCCCC(N)=O.CCCCOP(=O)(OC)OCCC(O)O.Cl.N. The summed E-state index contributed by atoms with van der Waals surface area (Å²) in [6, 6.07) is 0. The standard InChI is InChI=1S/C18H37NO.C8H19O6P.ClH.H3N/c1-2-3-4-5-6-7-8-9-10-11-12-13-14-15-16-17-18(19)20;1-3-4-6-13-15(11,12-2)14-7-5-8(9)10;;/h2-17H2,1H3,(H2,19,20);8-10H,3-7H2,1-2H3;1H;1H3. The molecule has 37 heavy (non-hydrogen) atoms. The first-order valence-electron chi connectivity index (χ1n) is 13.9. The van der Waals surface area contributed by atoms with Gasteiger partial charge in [-0.15, -0.1) is 12.4 Å². The number of aliphatic hydroxyl groups excluding tert-OH is 1. The number of hydrogen-bond acceptors (Lipinski definition) is 8. The lowest BCUT2D eigenvalue weighted by molar-refractivity contribution is -0.118. The minimum atomic E-state index is -3.51. The Balaban J connectivity index is -0.000000289. The van der Waals surface area contributed by atoms with Gasteiger partial charge in [-0.05, 0) is 12.8 Å². The zero-order valence-electron chi connectivity index (χ0n) is 24.0. The van der Waals surface area contributed by atoms with Crippen molar-refractivity contribution in [3.8, 4) is 0 Å². The summed E-state index contributed by atoms with van der Waals surface area (Å²) in [5.74, 6) is -0.153. The van der Waals surface area contributed by atoms with Gasteiger partial charge in [-0.25, -0.2) is 4.57 Å². The van der Waals surface area contributed by atoms with E-state index < -0.39 is 14.1 Å². The van der Waals surface area contributed by atoms with Gasteiger partial charge >= 0.3 is 7.82 Å².